The summed E-state index contributed by atoms with van der Waals surface area (Å²) in [7, 11) is 1.75. The van der Waals surface area contributed by atoms with E-state index in [2.05, 4.69) is 0 Å². The van der Waals surface area contributed by atoms with Gasteiger partial charge < -0.3 is 9.30 Å². The molecule has 0 radical (unpaired) electrons. The number of fused-ring (bicyclic) bond motifs is 1. The molecule has 0 unspecified atom stereocenters. The molecule has 2 rings (SSSR count). The number of hydrogen-bond acceptors (Lipinski definition) is 4. The molecule has 0 spiro atoms. The van der Waals surface area contributed by atoms with Crippen molar-refractivity contribution in [2.45, 2.75) is 13.8 Å². The lowest BCUT2D eigenvalue weighted by Crippen LogP contribution is -2.17. The number of pyridine rings is 1. The Labute approximate surface area is 115 Å². The third-order valence-electron chi connectivity index (χ3n) is 3.08. The number of carbonyl (C=O) groups is 2. The van der Waals surface area contributed by atoms with Crippen LogP contribution in [0.25, 0.3) is 10.9 Å². The molecule has 0 aliphatic heterocycles. The van der Waals surface area contributed by atoms with Gasteiger partial charge >= 0.3 is 5.97 Å². The summed E-state index contributed by atoms with van der Waals surface area (Å²) in [6.07, 6.45) is 1.51. The Bertz CT molecular complexity index is 758. The van der Waals surface area contributed by atoms with Gasteiger partial charge in [0.05, 0.1) is 23.3 Å². The standard InChI is InChI=1S/C15H15NO4/c1-4-20-15(19)10-5-6-13-11(7-10)14(18)12(9(2)17)8-16(13)3/h5-8H,4H2,1-3H3. The SMILES string of the molecule is CCOC(=O)c1ccc2c(c1)c(=O)c(C(C)=O)cn2C. The second-order valence-electron chi connectivity index (χ2n) is 4.49. The minimum absolute atomic E-state index is 0.112. The lowest BCUT2D eigenvalue weighted by atomic mass is 10.1. The van der Waals surface area contributed by atoms with Gasteiger partial charge in [0.2, 0.25) is 0 Å². The summed E-state index contributed by atoms with van der Waals surface area (Å²) in [5, 5.41) is 0.339. The highest BCUT2D eigenvalue weighted by atomic mass is 16.5. The van der Waals surface area contributed by atoms with Crippen molar-refractivity contribution in [3.63, 3.8) is 0 Å². The van der Waals surface area contributed by atoms with Crippen molar-refractivity contribution in [1.29, 1.82) is 0 Å². The van der Waals surface area contributed by atoms with Crippen LogP contribution in [0.5, 0.6) is 0 Å². The fourth-order valence-corrected chi connectivity index (χ4v) is 2.08. The molecule has 0 aliphatic carbocycles. The Morgan fingerprint density at radius 3 is 2.60 bits per heavy atom. The van der Waals surface area contributed by atoms with Crippen molar-refractivity contribution in [2.75, 3.05) is 6.61 Å². The van der Waals surface area contributed by atoms with Crippen LogP contribution in [0, 0.1) is 0 Å². The number of rotatable bonds is 3. The Morgan fingerprint density at radius 2 is 2.00 bits per heavy atom. The lowest BCUT2D eigenvalue weighted by Gasteiger charge is -2.09. The van der Waals surface area contributed by atoms with Crippen LogP contribution in [-0.2, 0) is 11.8 Å². The quantitative estimate of drug-likeness (QED) is 0.633. The fourth-order valence-electron chi connectivity index (χ4n) is 2.08. The molecule has 0 bridgehead atoms. The molecule has 1 aromatic carbocycles. The zero-order valence-corrected chi connectivity index (χ0v) is 11.6. The van der Waals surface area contributed by atoms with E-state index in [0.29, 0.717) is 16.5 Å². The molecule has 1 aromatic heterocycles. The summed E-state index contributed by atoms with van der Waals surface area (Å²) < 4.78 is 6.61. The van der Waals surface area contributed by atoms with Crippen molar-refractivity contribution >= 4 is 22.7 Å². The smallest absolute Gasteiger partial charge is 0.338 e. The zero-order valence-electron chi connectivity index (χ0n) is 11.6. The van der Waals surface area contributed by atoms with E-state index in [-0.39, 0.29) is 23.4 Å². The molecular formula is C15H15NO4. The average molecular weight is 273 g/mol. The molecule has 0 amide bonds. The molecule has 2 aromatic rings. The Hall–Kier alpha value is -2.43. The second kappa shape index (κ2) is 5.28. The Balaban J connectivity index is 2.73. The van der Waals surface area contributed by atoms with E-state index in [0.717, 1.165) is 0 Å². The number of aromatic nitrogens is 1. The first-order chi connectivity index (χ1) is 9.45. The molecule has 20 heavy (non-hydrogen) atoms. The van der Waals surface area contributed by atoms with Gasteiger partial charge in [-0.25, -0.2) is 4.79 Å². The second-order valence-corrected chi connectivity index (χ2v) is 4.49. The Morgan fingerprint density at radius 1 is 1.30 bits per heavy atom. The number of esters is 1. The first-order valence-corrected chi connectivity index (χ1v) is 6.27. The molecule has 0 fully saturated rings. The number of hydrogen-bond donors (Lipinski definition) is 0. The van der Waals surface area contributed by atoms with E-state index in [4.69, 9.17) is 4.74 Å². The summed E-state index contributed by atoms with van der Waals surface area (Å²) in [5.41, 5.74) is 0.711. The van der Waals surface area contributed by atoms with Gasteiger partial charge in [-0.2, -0.15) is 0 Å². The summed E-state index contributed by atoms with van der Waals surface area (Å²) in [4.78, 5) is 35.5. The molecular weight excluding hydrogens is 258 g/mol. The monoisotopic (exact) mass is 273 g/mol. The van der Waals surface area contributed by atoms with Crippen LogP contribution >= 0.6 is 0 Å². The number of aryl methyl sites for hydroxylation is 1. The largest absolute Gasteiger partial charge is 0.462 e. The van der Waals surface area contributed by atoms with Gasteiger partial charge in [0, 0.05) is 18.6 Å². The van der Waals surface area contributed by atoms with Gasteiger partial charge in [0.1, 0.15) is 0 Å². The van der Waals surface area contributed by atoms with E-state index in [1.807, 2.05) is 0 Å². The fraction of sp³-hybridized carbons (Fsp3) is 0.267. The highest BCUT2D eigenvalue weighted by molar-refractivity contribution is 5.99. The number of carbonyl (C=O) groups excluding carboxylic acids is 2. The van der Waals surface area contributed by atoms with E-state index in [9.17, 15) is 14.4 Å². The first-order valence-electron chi connectivity index (χ1n) is 6.27. The van der Waals surface area contributed by atoms with Crippen molar-refractivity contribution in [3.05, 3.63) is 45.7 Å². The lowest BCUT2D eigenvalue weighted by molar-refractivity contribution is 0.0526. The summed E-state index contributed by atoms with van der Waals surface area (Å²) >= 11 is 0. The van der Waals surface area contributed by atoms with Gasteiger partial charge in [0.25, 0.3) is 0 Å². The molecule has 5 heteroatoms. The highest BCUT2D eigenvalue weighted by Crippen LogP contribution is 2.14. The molecule has 5 nitrogen and oxygen atoms in total. The van der Waals surface area contributed by atoms with E-state index in [1.54, 1.807) is 30.7 Å². The topological polar surface area (TPSA) is 65.4 Å². The van der Waals surface area contributed by atoms with Gasteiger partial charge in [-0.3, -0.25) is 9.59 Å². The minimum atomic E-state index is -0.482. The number of nitrogens with zero attached hydrogens (tertiary/aromatic N) is 1. The zero-order chi connectivity index (χ0) is 14.9. The molecule has 1 heterocycles. The maximum atomic E-state index is 12.3. The highest BCUT2D eigenvalue weighted by Gasteiger charge is 2.14. The number of ketones is 1. The minimum Gasteiger partial charge on any atom is -0.462 e. The number of benzene rings is 1. The van der Waals surface area contributed by atoms with Crippen LogP contribution in [0.1, 0.15) is 34.6 Å². The average Bonchev–Trinajstić information content (AvgIpc) is 2.42. The van der Waals surface area contributed by atoms with Crippen molar-refractivity contribution < 1.29 is 14.3 Å². The van der Waals surface area contributed by atoms with Crippen LogP contribution < -0.4 is 5.43 Å². The van der Waals surface area contributed by atoms with Gasteiger partial charge in [-0.15, -0.1) is 0 Å². The molecule has 104 valence electrons. The normalized spacial score (nSPS) is 10.6. The van der Waals surface area contributed by atoms with E-state index in [1.165, 1.54) is 19.2 Å². The van der Waals surface area contributed by atoms with Crippen molar-refractivity contribution in [2.24, 2.45) is 7.05 Å². The molecule has 0 atom stereocenters. The summed E-state index contributed by atoms with van der Waals surface area (Å²) in [5.74, 6) is -0.779. The maximum absolute atomic E-state index is 12.3. The molecule has 0 saturated heterocycles. The van der Waals surface area contributed by atoms with Gasteiger partial charge in [-0.05, 0) is 32.0 Å². The van der Waals surface area contributed by atoms with Gasteiger partial charge in [-0.1, -0.05) is 0 Å². The first kappa shape index (κ1) is 14.0. The molecule has 0 N–H and O–H groups in total. The van der Waals surface area contributed by atoms with Crippen LogP contribution in [0.2, 0.25) is 0 Å². The molecule has 0 saturated carbocycles. The van der Waals surface area contributed by atoms with Crippen LogP contribution in [-0.4, -0.2) is 22.9 Å². The van der Waals surface area contributed by atoms with Crippen LogP contribution in [0.15, 0.2) is 29.2 Å². The van der Waals surface area contributed by atoms with Crippen molar-refractivity contribution in [1.82, 2.24) is 4.57 Å². The third-order valence-corrected chi connectivity index (χ3v) is 3.08. The van der Waals surface area contributed by atoms with Gasteiger partial charge in [0.15, 0.2) is 11.2 Å². The predicted molar refractivity (Wildman–Crippen MR) is 75.2 cm³/mol. The predicted octanol–water partition coefficient (Wildman–Crippen LogP) is 1.92. The van der Waals surface area contributed by atoms with E-state index < -0.39 is 5.97 Å². The Kier molecular flexibility index (Phi) is 3.70. The van der Waals surface area contributed by atoms with Crippen LogP contribution in [0.3, 0.4) is 0 Å². The third kappa shape index (κ3) is 2.34. The summed E-state index contributed by atoms with van der Waals surface area (Å²) in [6, 6.07) is 4.75. The molecule has 0 aliphatic rings. The van der Waals surface area contributed by atoms with Crippen LogP contribution in [0.4, 0.5) is 0 Å². The summed E-state index contributed by atoms with van der Waals surface area (Å²) in [6.45, 7) is 3.33. The van der Waals surface area contributed by atoms with Crippen molar-refractivity contribution in [3.8, 4) is 0 Å². The number of ether oxygens (including phenoxy) is 1. The number of Topliss-reactive ketones (excluding diaryl/α,β-unsaturated/α-hetero) is 1. The van der Waals surface area contributed by atoms with E-state index >= 15 is 0 Å². The maximum Gasteiger partial charge on any atom is 0.338 e.